The topological polar surface area (TPSA) is 101 Å². The molecule has 0 spiro atoms. The lowest BCUT2D eigenvalue weighted by molar-refractivity contribution is -0.174. The van der Waals surface area contributed by atoms with Gasteiger partial charge >= 0.3 is 18.3 Å². The number of fused-ring (bicyclic) bond motifs is 2. The molecule has 0 amide bonds. The van der Waals surface area contributed by atoms with Gasteiger partial charge in [-0.15, -0.1) is 5.10 Å². The molecule has 0 N–H and O–H groups in total. The molecule has 4 unspecified atom stereocenters. The van der Waals surface area contributed by atoms with Crippen molar-refractivity contribution in [2.75, 3.05) is 27.4 Å². The molecule has 2 bridgehead atoms. The van der Waals surface area contributed by atoms with Crippen LogP contribution in [-0.2, 0) is 60.6 Å². The lowest BCUT2D eigenvalue weighted by atomic mass is 9.77. The van der Waals surface area contributed by atoms with Crippen LogP contribution in [0.2, 0.25) is 0 Å². The highest BCUT2D eigenvalue weighted by atomic mass is 19.4. The molecule has 0 radical (unpaired) electrons. The zero-order valence-electron chi connectivity index (χ0n) is 28.6. The third kappa shape index (κ3) is 7.52. The summed E-state index contributed by atoms with van der Waals surface area (Å²) in [5.74, 6) is -1.38. The van der Waals surface area contributed by atoms with Crippen molar-refractivity contribution in [3.63, 3.8) is 0 Å². The summed E-state index contributed by atoms with van der Waals surface area (Å²) >= 11 is 0. The third-order valence-corrected chi connectivity index (χ3v) is 9.83. The van der Waals surface area contributed by atoms with E-state index in [1.807, 2.05) is 35.2 Å². The maximum Gasteiger partial charge on any atom is 0.416 e. The number of nitrogens with zero attached hydrogens (tertiary/aromatic N) is 5. The number of piperidine rings is 1. The predicted octanol–water partition coefficient (Wildman–Crippen LogP) is 6.76. The Kier molecular flexibility index (Phi) is 10.9. The Morgan fingerprint density at radius 2 is 1.55 bits per heavy atom. The largest absolute Gasteiger partial charge is 0.467 e. The Morgan fingerprint density at radius 3 is 2.15 bits per heavy atom. The van der Waals surface area contributed by atoms with Gasteiger partial charge in [-0.2, -0.15) is 26.3 Å². The van der Waals surface area contributed by atoms with Crippen molar-refractivity contribution in [3.05, 3.63) is 113 Å². The minimum absolute atomic E-state index is 0.0340. The Balaban J connectivity index is 1.51. The Labute approximate surface area is 299 Å². The first-order valence-electron chi connectivity index (χ1n) is 16.6. The van der Waals surface area contributed by atoms with Crippen molar-refractivity contribution in [2.24, 2.45) is 0 Å². The summed E-state index contributed by atoms with van der Waals surface area (Å²) in [5, 5.41) is 11.8. The van der Waals surface area contributed by atoms with Crippen molar-refractivity contribution in [2.45, 2.75) is 74.3 Å². The first kappa shape index (κ1) is 38.3. The smallest absolute Gasteiger partial charge is 0.416 e. The molecular weight excluding hydrogens is 715 g/mol. The summed E-state index contributed by atoms with van der Waals surface area (Å²) in [4.78, 5) is 15.3. The van der Waals surface area contributed by atoms with Crippen LogP contribution < -0.4 is 0 Å². The Morgan fingerprint density at radius 1 is 0.906 bits per heavy atom. The number of benzene rings is 3. The van der Waals surface area contributed by atoms with E-state index in [4.69, 9.17) is 18.9 Å². The molecule has 3 aromatic carbocycles. The van der Waals surface area contributed by atoms with E-state index in [1.54, 1.807) is 30.3 Å². The summed E-state index contributed by atoms with van der Waals surface area (Å²) < 4.78 is 125. The summed E-state index contributed by atoms with van der Waals surface area (Å²) in [6.45, 7) is 0.369. The van der Waals surface area contributed by atoms with Gasteiger partial charge in [0.25, 0.3) is 0 Å². The highest BCUT2D eigenvalue weighted by Gasteiger charge is 2.69. The van der Waals surface area contributed by atoms with Crippen LogP contribution in [0.25, 0.3) is 0 Å². The lowest BCUT2D eigenvalue weighted by Gasteiger charge is -2.50. The van der Waals surface area contributed by atoms with Gasteiger partial charge in [-0.25, -0.2) is 13.9 Å². The SMILES string of the molecule is COCCOCn1nnnc1C1(F)CC2(c3ccccc3)C(O[C@@H](C(=O)OC)c3cc(C(F)(F)F)cc(C(F)(F)F)c3)CCC1N2Cc1ccccc1. The minimum Gasteiger partial charge on any atom is -0.467 e. The fourth-order valence-corrected chi connectivity index (χ4v) is 7.54. The second-order valence-corrected chi connectivity index (χ2v) is 12.9. The zero-order chi connectivity index (χ0) is 38.0. The van der Waals surface area contributed by atoms with E-state index in [-0.39, 0.29) is 57.6 Å². The highest BCUT2D eigenvalue weighted by molar-refractivity contribution is 5.76. The molecule has 2 aliphatic rings. The molecule has 6 rings (SSSR count). The van der Waals surface area contributed by atoms with Crippen LogP contribution in [0.1, 0.15) is 59.0 Å². The number of esters is 1. The molecule has 2 fully saturated rings. The Bertz CT molecular complexity index is 1830. The first-order valence-corrected chi connectivity index (χ1v) is 16.6. The van der Waals surface area contributed by atoms with Crippen LogP contribution in [0.4, 0.5) is 30.7 Å². The average Bonchev–Trinajstić information content (AvgIpc) is 3.68. The summed E-state index contributed by atoms with van der Waals surface area (Å²) in [7, 11) is 2.44. The van der Waals surface area contributed by atoms with E-state index >= 15 is 4.39 Å². The first-order chi connectivity index (χ1) is 25.2. The van der Waals surface area contributed by atoms with Gasteiger partial charge in [-0.3, -0.25) is 4.90 Å². The molecule has 10 nitrogen and oxygen atoms in total. The second-order valence-electron chi connectivity index (χ2n) is 12.9. The molecule has 53 heavy (non-hydrogen) atoms. The lowest BCUT2D eigenvalue weighted by Crippen LogP contribution is -2.57. The molecule has 2 aliphatic heterocycles. The molecule has 284 valence electrons. The molecular formula is C36H36F7N5O5. The number of ether oxygens (including phenoxy) is 4. The monoisotopic (exact) mass is 751 g/mol. The normalized spacial score (nSPS) is 23.9. The molecule has 1 aromatic heterocycles. The maximum atomic E-state index is 18.3. The van der Waals surface area contributed by atoms with E-state index in [0.29, 0.717) is 17.7 Å². The molecule has 3 heterocycles. The van der Waals surface area contributed by atoms with Gasteiger partial charge in [0.15, 0.2) is 17.6 Å². The van der Waals surface area contributed by atoms with Crippen LogP contribution in [0.15, 0.2) is 78.9 Å². The number of aromatic nitrogens is 4. The van der Waals surface area contributed by atoms with Gasteiger partial charge in [-0.1, -0.05) is 60.7 Å². The standard InChI is InChI=1S/C36H36F7N5O5/c1-50-15-16-52-22-48-32(44-45-46-48)33(37)21-34(25-11-7-4-8-12-25)29(14-13-28(33)47(34)20-23-9-5-3-6-10-23)53-30(31(49)51-2)24-17-26(35(38,39)40)19-27(18-24)36(41,42)43/h3-12,17-19,28-30H,13-16,20-22H2,1-2H3/t28?,29?,30-,33?,34?/m1/s1. The number of hydrogen-bond donors (Lipinski definition) is 0. The van der Waals surface area contributed by atoms with E-state index < -0.39 is 64.5 Å². The quantitative estimate of drug-likeness (QED) is 0.0834. The number of hydrogen-bond acceptors (Lipinski definition) is 9. The second kappa shape index (κ2) is 15.1. The molecule has 2 saturated heterocycles. The maximum absolute atomic E-state index is 18.3. The average molecular weight is 752 g/mol. The van der Waals surface area contributed by atoms with Crippen molar-refractivity contribution < 1.29 is 54.5 Å². The van der Waals surface area contributed by atoms with Crippen molar-refractivity contribution in [1.82, 2.24) is 25.1 Å². The molecule has 0 saturated carbocycles. The zero-order valence-corrected chi connectivity index (χ0v) is 28.6. The fraction of sp³-hybridized carbons (Fsp3) is 0.444. The third-order valence-electron chi connectivity index (χ3n) is 9.83. The van der Waals surface area contributed by atoms with Crippen molar-refractivity contribution in [1.29, 1.82) is 0 Å². The van der Waals surface area contributed by atoms with Gasteiger partial charge < -0.3 is 18.9 Å². The number of alkyl halides is 7. The number of halogens is 7. The fourth-order valence-electron chi connectivity index (χ4n) is 7.54. The summed E-state index contributed by atoms with van der Waals surface area (Å²) in [6.07, 6.45) is -13.9. The number of methoxy groups -OCH3 is 2. The van der Waals surface area contributed by atoms with Crippen LogP contribution in [-0.4, -0.2) is 70.7 Å². The molecule has 17 heteroatoms. The van der Waals surface area contributed by atoms with Gasteiger partial charge in [0.1, 0.15) is 6.73 Å². The molecule has 0 aliphatic carbocycles. The van der Waals surface area contributed by atoms with E-state index in [2.05, 4.69) is 15.5 Å². The van der Waals surface area contributed by atoms with Crippen LogP contribution in [0, 0.1) is 0 Å². The van der Waals surface area contributed by atoms with Crippen molar-refractivity contribution >= 4 is 5.97 Å². The predicted molar refractivity (Wildman–Crippen MR) is 172 cm³/mol. The van der Waals surface area contributed by atoms with Gasteiger partial charge in [0, 0.05) is 20.1 Å². The number of tetrazole rings is 1. The summed E-state index contributed by atoms with van der Waals surface area (Å²) in [5.41, 5.74) is -6.43. The van der Waals surface area contributed by atoms with E-state index in [1.165, 1.54) is 11.8 Å². The van der Waals surface area contributed by atoms with Gasteiger partial charge in [0.05, 0.1) is 49.1 Å². The Hall–Kier alpha value is -4.45. The van der Waals surface area contributed by atoms with E-state index in [9.17, 15) is 31.1 Å². The number of rotatable bonds is 13. The number of carbonyl (C=O) groups is 1. The van der Waals surface area contributed by atoms with Crippen LogP contribution in [0.3, 0.4) is 0 Å². The van der Waals surface area contributed by atoms with Gasteiger partial charge in [0.2, 0.25) is 0 Å². The minimum atomic E-state index is -5.19. The van der Waals surface area contributed by atoms with Gasteiger partial charge in [-0.05, 0) is 58.2 Å². The number of carbonyl (C=O) groups excluding carboxylic acids is 1. The summed E-state index contributed by atoms with van der Waals surface area (Å²) in [6, 6.07) is 17.7. The van der Waals surface area contributed by atoms with Crippen LogP contribution >= 0.6 is 0 Å². The molecule has 4 aromatic rings. The highest BCUT2D eigenvalue weighted by Crippen LogP contribution is 2.61. The van der Waals surface area contributed by atoms with Crippen molar-refractivity contribution in [3.8, 4) is 0 Å². The molecule has 5 atom stereocenters. The van der Waals surface area contributed by atoms with Crippen LogP contribution in [0.5, 0.6) is 0 Å². The van der Waals surface area contributed by atoms with E-state index in [0.717, 1.165) is 12.7 Å².